The molecule has 0 saturated carbocycles. The van der Waals surface area contributed by atoms with Crippen LogP contribution < -0.4 is 10.2 Å². The van der Waals surface area contributed by atoms with Gasteiger partial charge in [0.05, 0.1) is 6.04 Å². The van der Waals surface area contributed by atoms with E-state index in [0.29, 0.717) is 38.1 Å². The lowest BCUT2D eigenvalue weighted by Gasteiger charge is -2.35. The summed E-state index contributed by atoms with van der Waals surface area (Å²) in [5.41, 5.74) is 0. The van der Waals surface area contributed by atoms with Crippen LogP contribution in [0, 0.1) is 0 Å². The minimum atomic E-state index is 0.0154. The summed E-state index contributed by atoms with van der Waals surface area (Å²) in [5.74, 6) is 0.640. The van der Waals surface area contributed by atoms with E-state index in [1.54, 1.807) is 0 Å². The predicted octanol–water partition coefficient (Wildman–Crippen LogP) is 0.0222. The molecule has 17 heavy (non-hydrogen) atoms. The number of urea groups is 1. The molecule has 1 atom stereocenters. The molecule has 3 rings (SSSR count). The second-order valence-corrected chi connectivity index (χ2v) is 4.36. The quantitative estimate of drug-likeness (QED) is 0.756. The van der Waals surface area contributed by atoms with Crippen LogP contribution in [0.5, 0.6) is 0 Å². The average molecular weight is 258 g/mol. The number of fused-ring (bicyclic) bond motifs is 1. The molecule has 1 unspecified atom stereocenters. The Labute approximate surface area is 103 Å². The van der Waals surface area contributed by atoms with Gasteiger partial charge in [-0.15, -0.1) is 16.7 Å². The first-order valence-corrected chi connectivity index (χ1v) is 5.99. The lowest BCUT2D eigenvalue weighted by Crippen LogP contribution is -2.52. The van der Waals surface area contributed by atoms with Gasteiger partial charge < -0.3 is 19.5 Å². The number of carbonyl (C=O) groups is 1. The smallest absolute Gasteiger partial charge is 0.318 e. The summed E-state index contributed by atoms with van der Waals surface area (Å²) in [6, 6.07) is 0.684. The van der Waals surface area contributed by atoms with E-state index in [1.807, 2.05) is 9.80 Å². The maximum Gasteiger partial charge on any atom is 0.318 e. The number of nitrogens with zero attached hydrogens (tertiary/aromatic N) is 4. The fourth-order valence-corrected chi connectivity index (χ4v) is 2.31. The normalized spacial score (nSPS) is 23.8. The zero-order valence-corrected chi connectivity index (χ0v) is 9.85. The monoisotopic (exact) mass is 257 g/mol. The van der Waals surface area contributed by atoms with Gasteiger partial charge in [0.25, 0.3) is 0 Å². The Morgan fingerprint density at radius 1 is 1.47 bits per heavy atom. The molecule has 0 radical (unpaired) electrons. The van der Waals surface area contributed by atoms with E-state index >= 15 is 0 Å². The molecule has 0 aromatic carbocycles. The van der Waals surface area contributed by atoms with Crippen molar-refractivity contribution in [1.82, 2.24) is 20.4 Å². The highest BCUT2D eigenvalue weighted by Crippen LogP contribution is 2.20. The van der Waals surface area contributed by atoms with Crippen molar-refractivity contribution in [2.75, 3.05) is 31.1 Å². The van der Waals surface area contributed by atoms with Crippen LogP contribution >= 0.6 is 11.6 Å². The van der Waals surface area contributed by atoms with E-state index < -0.39 is 0 Å². The first-order valence-electron chi connectivity index (χ1n) is 5.45. The van der Waals surface area contributed by atoms with E-state index in [2.05, 4.69) is 15.5 Å². The molecule has 2 amide bonds. The number of hydrogen-bond acceptors (Lipinski definition) is 5. The molecule has 2 fully saturated rings. The highest BCUT2D eigenvalue weighted by atomic mass is 35.5. The number of anilines is 1. The molecule has 2 aliphatic heterocycles. The third kappa shape index (κ3) is 1.80. The van der Waals surface area contributed by atoms with Crippen molar-refractivity contribution in [2.24, 2.45) is 0 Å². The fraction of sp³-hybridized carbons (Fsp3) is 0.667. The standard InChI is InChI=1S/C9H12ClN5O2/c10-3-7-12-13-9(17-7)14-1-2-15-6(5-14)4-11-8(15)16/h6H,1-5H2,(H,11,16). The minimum Gasteiger partial charge on any atom is -0.407 e. The van der Waals surface area contributed by atoms with Crippen LogP contribution in [0.3, 0.4) is 0 Å². The second kappa shape index (κ2) is 4.06. The Hall–Kier alpha value is -1.50. The van der Waals surface area contributed by atoms with Crippen molar-refractivity contribution in [3.05, 3.63) is 5.89 Å². The van der Waals surface area contributed by atoms with Gasteiger partial charge >= 0.3 is 12.0 Å². The van der Waals surface area contributed by atoms with Crippen LogP contribution in [0.1, 0.15) is 5.89 Å². The van der Waals surface area contributed by atoms with Crippen molar-refractivity contribution in [3.8, 4) is 0 Å². The molecule has 0 spiro atoms. The first-order chi connectivity index (χ1) is 8.28. The molecule has 0 bridgehead atoms. The zero-order chi connectivity index (χ0) is 11.8. The van der Waals surface area contributed by atoms with Gasteiger partial charge in [-0.2, -0.15) is 0 Å². The molecular formula is C9H12ClN5O2. The summed E-state index contributed by atoms with van der Waals surface area (Å²) < 4.78 is 5.40. The van der Waals surface area contributed by atoms with Gasteiger partial charge in [-0.1, -0.05) is 5.10 Å². The third-order valence-corrected chi connectivity index (χ3v) is 3.30. The summed E-state index contributed by atoms with van der Waals surface area (Å²) in [6.45, 7) is 2.76. The molecule has 1 N–H and O–H groups in total. The van der Waals surface area contributed by atoms with E-state index in [-0.39, 0.29) is 18.0 Å². The van der Waals surface area contributed by atoms with Crippen molar-refractivity contribution >= 4 is 23.6 Å². The molecule has 3 heterocycles. The number of hydrogen-bond donors (Lipinski definition) is 1. The summed E-state index contributed by atoms with van der Waals surface area (Å²) >= 11 is 5.61. The lowest BCUT2D eigenvalue weighted by molar-refractivity contribution is 0.196. The van der Waals surface area contributed by atoms with Crippen molar-refractivity contribution in [1.29, 1.82) is 0 Å². The van der Waals surface area contributed by atoms with E-state index in [1.165, 1.54) is 0 Å². The number of nitrogens with one attached hydrogen (secondary N) is 1. The topological polar surface area (TPSA) is 74.5 Å². The number of amides is 2. The number of halogens is 1. The molecular weight excluding hydrogens is 246 g/mol. The summed E-state index contributed by atoms with van der Waals surface area (Å²) in [4.78, 5) is 15.3. The Bertz CT molecular complexity index is 437. The van der Waals surface area contributed by atoms with Crippen LogP contribution in [0.25, 0.3) is 0 Å². The van der Waals surface area contributed by atoms with Crippen LogP contribution in [-0.2, 0) is 5.88 Å². The van der Waals surface area contributed by atoms with Crippen molar-refractivity contribution in [2.45, 2.75) is 11.9 Å². The SMILES string of the molecule is O=C1NCC2CN(c3nnc(CCl)o3)CCN12. The molecule has 2 aliphatic rings. The molecule has 0 aliphatic carbocycles. The Balaban J connectivity index is 1.72. The van der Waals surface area contributed by atoms with Crippen LogP contribution in [0.2, 0.25) is 0 Å². The largest absolute Gasteiger partial charge is 0.407 e. The van der Waals surface area contributed by atoms with Crippen molar-refractivity contribution in [3.63, 3.8) is 0 Å². The van der Waals surface area contributed by atoms with Crippen LogP contribution in [0.15, 0.2) is 4.42 Å². The van der Waals surface area contributed by atoms with E-state index in [4.69, 9.17) is 16.0 Å². The Morgan fingerprint density at radius 3 is 3.12 bits per heavy atom. The van der Waals surface area contributed by atoms with Gasteiger partial charge in [0.2, 0.25) is 5.89 Å². The van der Waals surface area contributed by atoms with Gasteiger partial charge in [-0.05, 0) is 0 Å². The maximum absolute atomic E-state index is 11.4. The van der Waals surface area contributed by atoms with Crippen LogP contribution in [0.4, 0.5) is 10.8 Å². The van der Waals surface area contributed by atoms with Crippen LogP contribution in [-0.4, -0.2) is 53.3 Å². The number of rotatable bonds is 2. The second-order valence-electron chi connectivity index (χ2n) is 4.09. The number of piperazine rings is 1. The highest BCUT2D eigenvalue weighted by molar-refractivity contribution is 6.16. The van der Waals surface area contributed by atoms with Gasteiger partial charge in [-0.25, -0.2) is 4.79 Å². The highest BCUT2D eigenvalue weighted by Gasteiger charge is 2.36. The number of aromatic nitrogens is 2. The molecule has 1 aromatic heterocycles. The van der Waals surface area contributed by atoms with Gasteiger partial charge in [0.1, 0.15) is 5.88 Å². The molecule has 2 saturated heterocycles. The van der Waals surface area contributed by atoms with Gasteiger partial charge in [0, 0.05) is 26.2 Å². The third-order valence-electron chi connectivity index (χ3n) is 3.07. The number of carbonyl (C=O) groups excluding carboxylic acids is 1. The first kappa shape index (κ1) is 10.6. The lowest BCUT2D eigenvalue weighted by atomic mass is 10.2. The zero-order valence-electron chi connectivity index (χ0n) is 9.10. The minimum absolute atomic E-state index is 0.0154. The van der Waals surface area contributed by atoms with E-state index in [9.17, 15) is 4.79 Å². The summed E-state index contributed by atoms with van der Waals surface area (Å²) in [6.07, 6.45) is 0. The fourth-order valence-electron chi connectivity index (χ4n) is 2.20. The van der Waals surface area contributed by atoms with Gasteiger partial charge in [-0.3, -0.25) is 0 Å². The Morgan fingerprint density at radius 2 is 2.35 bits per heavy atom. The predicted molar refractivity (Wildman–Crippen MR) is 60.0 cm³/mol. The molecule has 7 nitrogen and oxygen atoms in total. The summed E-state index contributed by atoms with van der Waals surface area (Å²) in [7, 11) is 0. The molecule has 1 aromatic rings. The van der Waals surface area contributed by atoms with Gasteiger partial charge in [0.15, 0.2) is 0 Å². The summed E-state index contributed by atoms with van der Waals surface area (Å²) in [5, 5.41) is 10.6. The molecule has 8 heteroatoms. The maximum atomic E-state index is 11.4. The van der Waals surface area contributed by atoms with Crippen molar-refractivity contribution < 1.29 is 9.21 Å². The Kier molecular flexibility index (Phi) is 2.54. The molecule has 92 valence electrons. The number of alkyl halides is 1. The van der Waals surface area contributed by atoms with E-state index in [0.717, 1.165) is 0 Å². The average Bonchev–Trinajstić information content (AvgIpc) is 2.96.